The summed E-state index contributed by atoms with van der Waals surface area (Å²) >= 11 is 0. The molecule has 0 spiro atoms. The fourth-order valence-corrected chi connectivity index (χ4v) is 2.09. The molecule has 0 aliphatic rings. The van der Waals surface area contributed by atoms with Gasteiger partial charge in [-0.25, -0.2) is 0 Å². The van der Waals surface area contributed by atoms with Crippen molar-refractivity contribution in [2.24, 2.45) is 0 Å². The molecule has 0 aromatic heterocycles. The van der Waals surface area contributed by atoms with E-state index in [0.29, 0.717) is 0 Å². The maximum absolute atomic E-state index is 12.2. The van der Waals surface area contributed by atoms with Crippen LogP contribution in [0.2, 0.25) is 0 Å². The Labute approximate surface area is 124 Å². The topological polar surface area (TPSA) is 21.3 Å². The fourth-order valence-electron chi connectivity index (χ4n) is 2.09. The molecule has 1 rings (SSSR count). The van der Waals surface area contributed by atoms with E-state index in [2.05, 4.69) is 12.2 Å². The summed E-state index contributed by atoms with van der Waals surface area (Å²) in [5, 5.41) is 3.23. The summed E-state index contributed by atoms with van der Waals surface area (Å²) in [6.45, 7) is 3.70. The van der Waals surface area contributed by atoms with Crippen molar-refractivity contribution in [3.8, 4) is 0 Å². The number of nitrogens with one attached hydrogen (secondary N) is 1. The molecule has 1 aromatic rings. The fraction of sp³-hybridized carbons (Fsp3) is 0.625. The van der Waals surface area contributed by atoms with E-state index < -0.39 is 12.8 Å². The second kappa shape index (κ2) is 9.05. The van der Waals surface area contributed by atoms with E-state index in [1.807, 2.05) is 31.2 Å². The number of halogens is 3. The molecule has 0 radical (unpaired) electrons. The minimum Gasteiger partial charge on any atom is -0.370 e. The van der Waals surface area contributed by atoms with Crippen LogP contribution in [0.4, 0.5) is 13.2 Å². The van der Waals surface area contributed by atoms with Gasteiger partial charge in [0.05, 0.1) is 12.6 Å². The highest BCUT2D eigenvalue weighted by Gasteiger charge is 2.28. The van der Waals surface area contributed by atoms with E-state index in [9.17, 15) is 13.2 Å². The van der Waals surface area contributed by atoms with Gasteiger partial charge < -0.3 is 10.1 Å². The highest BCUT2D eigenvalue weighted by molar-refractivity contribution is 5.25. The first kappa shape index (κ1) is 18.0. The Balaban J connectivity index is 2.62. The zero-order valence-corrected chi connectivity index (χ0v) is 12.7. The van der Waals surface area contributed by atoms with Crippen molar-refractivity contribution in [3.63, 3.8) is 0 Å². The van der Waals surface area contributed by atoms with Crippen LogP contribution in [0.15, 0.2) is 24.3 Å². The van der Waals surface area contributed by atoms with E-state index in [0.717, 1.165) is 31.4 Å². The lowest BCUT2D eigenvalue weighted by Gasteiger charge is -2.20. The molecule has 0 aliphatic heterocycles. The predicted octanol–water partition coefficient (Wildman–Crippen LogP) is 4.26. The molecule has 0 aliphatic carbocycles. The first-order valence-electron chi connectivity index (χ1n) is 7.43. The third-order valence-electron chi connectivity index (χ3n) is 3.11. The molecular formula is C16H24F3NO. The molecule has 0 bridgehead atoms. The first-order chi connectivity index (χ1) is 9.96. The van der Waals surface area contributed by atoms with E-state index in [4.69, 9.17) is 4.74 Å². The van der Waals surface area contributed by atoms with Crippen LogP contribution in [0.5, 0.6) is 0 Å². The molecule has 2 nitrogen and oxygen atoms in total. The Hall–Kier alpha value is -1.07. The number of aryl methyl sites for hydroxylation is 1. The van der Waals surface area contributed by atoms with Gasteiger partial charge in [0.1, 0.15) is 6.61 Å². The van der Waals surface area contributed by atoms with E-state index >= 15 is 0 Å². The highest BCUT2D eigenvalue weighted by atomic mass is 19.4. The van der Waals surface area contributed by atoms with Gasteiger partial charge in [0, 0.05) is 0 Å². The van der Waals surface area contributed by atoms with E-state index in [-0.39, 0.29) is 12.6 Å². The van der Waals surface area contributed by atoms with Gasteiger partial charge in [0.2, 0.25) is 0 Å². The molecule has 21 heavy (non-hydrogen) atoms. The van der Waals surface area contributed by atoms with Crippen molar-refractivity contribution in [3.05, 3.63) is 35.4 Å². The van der Waals surface area contributed by atoms with Gasteiger partial charge in [-0.05, 0) is 30.5 Å². The standard InChI is InChI=1S/C16H24F3NO/c1-3-5-13-6-8-14(9-7-13)15(20-10-4-2)11-21-12-16(17,18)19/h6-9,15,20H,3-5,10-12H2,1-2H3. The Morgan fingerprint density at radius 3 is 2.29 bits per heavy atom. The van der Waals surface area contributed by atoms with Crippen LogP contribution in [0.3, 0.4) is 0 Å². The minimum absolute atomic E-state index is 0.0205. The van der Waals surface area contributed by atoms with E-state index in [1.165, 1.54) is 5.56 Å². The van der Waals surface area contributed by atoms with Gasteiger partial charge in [0.15, 0.2) is 0 Å². The molecule has 120 valence electrons. The van der Waals surface area contributed by atoms with Crippen LogP contribution >= 0.6 is 0 Å². The van der Waals surface area contributed by atoms with Crippen LogP contribution in [-0.4, -0.2) is 25.9 Å². The van der Waals surface area contributed by atoms with Crippen LogP contribution < -0.4 is 5.32 Å². The largest absolute Gasteiger partial charge is 0.411 e. The van der Waals surface area contributed by atoms with Crippen LogP contribution in [0, 0.1) is 0 Å². The lowest BCUT2D eigenvalue weighted by Crippen LogP contribution is -2.28. The Morgan fingerprint density at radius 2 is 1.76 bits per heavy atom. The van der Waals surface area contributed by atoms with Crippen molar-refractivity contribution in [2.45, 2.75) is 45.3 Å². The summed E-state index contributed by atoms with van der Waals surface area (Å²) in [5.74, 6) is 0. The highest BCUT2D eigenvalue weighted by Crippen LogP contribution is 2.19. The molecular weight excluding hydrogens is 279 g/mol. The second-order valence-electron chi connectivity index (χ2n) is 5.13. The zero-order chi connectivity index (χ0) is 15.7. The summed E-state index contributed by atoms with van der Waals surface area (Å²) in [5.41, 5.74) is 2.21. The van der Waals surface area contributed by atoms with Crippen molar-refractivity contribution in [1.29, 1.82) is 0 Å². The molecule has 1 atom stereocenters. The van der Waals surface area contributed by atoms with Gasteiger partial charge in [-0.2, -0.15) is 13.2 Å². The summed E-state index contributed by atoms with van der Waals surface area (Å²) in [6, 6.07) is 7.79. The molecule has 0 saturated carbocycles. The zero-order valence-electron chi connectivity index (χ0n) is 12.7. The predicted molar refractivity (Wildman–Crippen MR) is 78.3 cm³/mol. The number of rotatable bonds is 9. The number of ether oxygens (including phenoxy) is 1. The van der Waals surface area contributed by atoms with E-state index in [1.54, 1.807) is 0 Å². The average Bonchev–Trinajstić information content (AvgIpc) is 2.43. The van der Waals surface area contributed by atoms with Gasteiger partial charge in [-0.1, -0.05) is 44.5 Å². The van der Waals surface area contributed by atoms with Crippen molar-refractivity contribution in [1.82, 2.24) is 5.32 Å². The normalized spacial score (nSPS) is 13.4. The monoisotopic (exact) mass is 303 g/mol. The molecule has 0 saturated heterocycles. The number of benzene rings is 1. The maximum Gasteiger partial charge on any atom is 0.411 e. The Kier molecular flexibility index (Phi) is 7.75. The van der Waals surface area contributed by atoms with Crippen LogP contribution in [0.25, 0.3) is 0 Å². The summed E-state index contributed by atoms with van der Waals surface area (Å²) in [6.07, 6.45) is -1.27. The van der Waals surface area contributed by atoms with Gasteiger partial charge in [-0.15, -0.1) is 0 Å². The number of hydrogen-bond acceptors (Lipinski definition) is 2. The van der Waals surface area contributed by atoms with Gasteiger partial charge >= 0.3 is 6.18 Å². The lowest BCUT2D eigenvalue weighted by molar-refractivity contribution is -0.175. The molecule has 0 fully saturated rings. The number of hydrogen-bond donors (Lipinski definition) is 1. The van der Waals surface area contributed by atoms with Crippen molar-refractivity contribution >= 4 is 0 Å². The summed E-state index contributed by atoms with van der Waals surface area (Å²) in [4.78, 5) is 0. The molecule has 1 aromatic carbocycles. The molecule has 5 heteroatoms. The summed E-state index contributed by atoms with van der Waals surface area (Å²) < 4.78 is 41.3. The van der Waals surface area contributed by atoms with Crippen LogP contribution in [-0.2, 0) is 11.2 Å². The quantitative estimate of drug-likeness (QED) is 0.736. The lowest BCUT2D eigenvalue weighted by atomic mass is 10.0. The Bertz CT molecular complexity index is 390. The second-order valence-corrected chi connectivity index (χ2v) is 5.13. The molecule has 0 heterocycles. The van der Waals surface area contributed by atoms with Crippen molar-refractivity contribution in [2.75, 3.05) is 19.8 Å². The van der Waals surface area contributed by atoms with Crippen LogP contribution in [0.1, 0.15) is 43.9 Å². The van der Waals surface area contributed by atoms with Crippen molar-refractivity contribution < 1.29 is 17.9 Å². The Morgan fingerprint density at radius 1 is 1.10 bits per heavy atom. The minimum atomic E-state index is -4.28. The number of alkyl halides is 3. The van der Waals surface area contributed by atoms with Gasteiger partial charge in [0.25, 0.3) is 0 Å². The third-order valence-corrected chi connectivity index (χ3v) is 3.11. The average molecular weight is 303 g/mol. The SMILES string of the molecule is CCCNC(COCC(F)(F)F)c1ccc(CCC)cc1. The first-order valence-corrected chi connectivity index (χ1v) is 7.43. The molecule has 1 unspecified atom stereocenters. The smallest absolute Gasteiger partial charge is 0.370 e. The molecule has 1 N–H and O–H groups in total. The summed E-state index contributed by atoms with van der Waals surface area (Å²) in [7, 11) is 0. The maximum atomic E-state index is 12.2. The molecule has 0 amide bonds. The third kappa shape index (κ3) is 7.48. The van der Waals surface area contributed by atoms with Gasteiger partial charge in [-0.3, -0.25) is 0 Å².